The smallest absolute Gasteiger partial charge is 0.222 e. The predicted octanol–water partition coefficient (Wildman–Crippen LogP) is 1.24. The molecular formula is C12H22N2O. The number of amides is 1. The Balaban J connectivity index is 1.77. The number of carbonyl (C=O) groups excluding carboxylic acids is 1. The maximum absolute atomic E-state index is 11.9. The molecule has 0 aromatic rings. The first-order chi connectivity index (χ1) is 7.29. The highest BCUT2D eigenvalue weighted by atomic mass is 16.2. The van der Waals surface area contributed by atoms with Gasteiger partial charge in [0, 0.05) is 19.5 Å². The summed E-state index contributed by atoms with van der Waals surface area (Å²) in [5.74, 6) is 1.80. The second kappa shape index (κ2) is 4.97. The highest BCUT2D eigenvalue weighted by molar-refractivity contribution is 5.76. The van der Waals surface area contributed by atoms with Crippen molar-refractivity contribution in [3.8, 4) is 0 Å². The summed E-state index contributed by atoms with van der Waals surface area (Å²) in [7, 11) is 1.99. The lowest BCUT2D eigenvalue weighted by molar-refractivity contribution is -0.133. The quantitative estimate of drug-likeness (QED) is 0.757. The maximum Gasteiger partial charge on any atom is 0.222 e. The number of hydrogen-bond acceptors (Lipinski definition) is 2. The van der Waals surface area contributed by atoms with Gasteiger partial charge in [-0.05, 0) is 51.1 Å². The molecule has 0 aromatic heterocycles. The van der Waals surface area contributed by atoms with Crippen LogP contribution in [-0.4, -0.2) is 37.5 Å². The third-order valence-electron chi connectivity index (χ3n) is 3.52. The summed E-state index contributed by atoms with van der Waals surface area (Å²) in [5, 5.41) is 3.21. The monoisotopic (exact) mass is 210 g/mol. The van der Waals surface area contributed by atoms with Gasteiger partial charge in [-0.25, -0.2) is 0 Å². The van der Waals surface area contributed by atoms with Gasteiger partial charge in [0.1, 0.15) is 0 Å². The fraction of sp³-hybridized carbons (Fsp3) is 0.917. The molecule has 15 heavy (non-hydrogen) atoms. The van der Waals surface area contributed by atoms with E-state index in [2.05, 4.69) is 10.2 Å². The molecule has 1 saturated heterocycles. The van der Waals surface area contributed by atoms with E-state index < -0.39 is 0 Å². The fourth-order valence-corrected chi connectivity index (χ4v) is 2.44. The molecule has 1 atom stereocenters. The van der Waals surface area contributed by atoms with Crippen molar-refractivity contribution >= 4 is 5.91 Å². The van der Waals surface area contributed by atoms with Crippen LogP contribution < -0.4 is 5.32 Å². The summed E-state index contributed by atoms with van der Waals surface area (Å²) < 4.78 is 0. The summed E-state index contributed by atoms with van der Waals surface area (Å²) >= 11 is 0. The van der Waals surface area contributed by atoms with Crippen molar-refractivity contribution in [2.45, 2.75) is 32.1 Å². The van der Waals surface area contributed by atoms with E-state index in [1.54, 1.807) is 0 Å². The summed E-state index contributed by atoms with van der Waals surface area (Å²) in [5.41, 5.74) is 0. The number of likely N-dealkylation sites (tertiary alicyclic amines) is 1. The molecule has 1 saturated carbocycles. The van der Waals surface area contributed by atoms with Gasteiger partial charge in [-0.2, -0.15) is 0 Å². The molecular weight excluding hydrogens is 188 g/mol. The number of piperidine rings is 1. The topological polar surface area (TPSA) is 32.3 Å². The second-order valence-electron chi connectivity index (χ2n) is 5.05. The van der Waals surface area contributed by atoms with E-state index in [1.165, 1.54) is 25.7 Å². The number of rotatable bonds is 4. The minimum atomic E-state index is 0.401. The molecule has 86 valence electrons. The van der Waals surface area contributed by atoms with Gasteiger partial charge >= 0.3 is 0 Å². The Bertz CT molecular complexity index is 224. The molecule has 3 nitrogen and oxygen atoms in total. The van der Waals surface area contributed by atoms with Gasteiger partial charge in [0.05, 0.1) is 0 Å². The maximum atomic E-state index is 11.9. The molecule has 1 unspecified atom stereocenters. The van der Waals surface area contributed by atoms with Gasteiger partial charge in [-0.3, -0.25) is 4.79 Å². The van der Waals surface area contributed by atoms with Crippen LogP contribution in [0.3, 0.4) is 0 Å². The molecule has 1 N–H and O–H groups in total. The van der Waals surface area contributed by atoms with Crippen LogP contribution in [0, 0.1) is 11.8 Å². The molecule has 1 heterocycles. The van der Waals surface area contributed by atoms with Crippen molar-refractivity contribution in [3.63, 3.8) is 0 Å². The van der Waals surface area contributed by atoms with E-state index in [4.69, 9.17) is 0 Å². The van der Waals surface area contributed by atoms with Crippen LogP contribution in [0.5, 0.6) is 0 Å². The molecule has 2 fully saturated rings. The number of nitrogens with one attached hydrogen (secondary N) is 1. The molecule has 0 spiro atoms. The Labute approximate surface area is 92.2 Å². The zero-order valence-electron chi connectivity index (χ0n) is 9.67. The van der Waals surface area contributed by atoms with E-state index in [-0.39, 0.29) is 0 Å². The SMILES string of the molecule is CNCC1CCCN(C(=O)CC2CC2)C1. The Morgan fingerprint density at radius 3 is 2.80 bits per heavy atom. The predicted molar refractivity (Wildman–Crippen MR) is 60.6 cm³/mol. The standard InChI is InChI=1S/C12H22N2O/c1-13-8-11-3-2-6-14(9-11)12(15)7-10-4-5-10/h10-11,13H,2-9H2,1H3. The third-order valence-corrected chi connectivity index (χ3v) is 3.52. The van der Waals surface area contributed by atoms with Crippen LogP contribution in [0.2, 0.25) is 0 Å². The molecule has 0 radical (unpaired) electrons. The van der Waals surface area contributed by atoms with Crippen LogP contribution in [0.15, 0.2) is 0 Å². The van der Waals surface area contributed by atoms with Crippen molar-refractivity contribution in [2.24, 2.45) is 11.8 Å². The third kappa shape index (κ3) is 3.20. The molecule has 1 aliphatic heterocycles. The van der Waals surface area contributed by atoms with Gasteiger partial charge < -0.3 is 10.2 Å². The zero-order valence-corrected chi connectivity index (χ0v) is 9.67. The van der Waals surface area contributed by atoms with Gasteiger partial charge in [0.15, 0.2) is 0 Å². The van der Waals surface area contributed by atoms with Gasteiger partial charge in [0.2, 0.25) is 5.91 Å². The normalized spacial score (nSPS) is 26.7. The van der Waals surface area contributed by atoms with E-state index in [0.717, 1.165) is 32.0 Å². The summed E-state index contributed by atoms with van der Waals surface area (Å²) in [6.07, 6.45) is 5.82. The number of carbonyl (C=O) groups is 1. The van der Waals surface area contributed by atoms with Crippen molar-refractivity contribution in [1.82, 2.24) is 10.2 Å². The Kier molecular flexibility index (Phi) is 3.62. The summed E-state index contributed by atoms with van der Waals surface area (Å²) in [6, 6.07) is 0. The number of hydrogen-bond donors (Lipinski definition) is 1. The highest BCUT2D eigenvalue weighted by Gasteiger charge is 2.29. The molecule has 1 amide bonds. The van der Waals surface area contributed by atoms with Crippen molar-refractivity contribution < 1.29 is 4.79 Å². The van der Waals surface area contributed by atoms with Crippen LogP contribution in [-0.2, 0) is 4.79 Å². The first kappa shape index (κ1) is 10.9. The molecule has 2 rings (SSSR count). The minimum absolute atomic E-state index is 0.401. The van der Waals surface area contributed by atoms with Gasteiger partial charge in [0.25, 0.3) is 0 Å². The van der Waals surface area contributed by atoms with Crippen LogP contribution >= 0.6 is 0 Å². The average Bonchev–Trinajstić information content (AvgIpc) is 3.03. The van der Waals surface area contributed by atoms with E-state index in [9.17, 15) is 4.79 Å². The van der Waals surface area contributed by atoms with Crippen molar-refractivity contribution in [2.75, 3.05) is 26.7 Å². The van der Waals surface area contributed by atoms with Crippen molar-refractivity contribution in [3.05, 3.63) is 0 Å². The molecule has 2 aliphatic rings. The zero-order chi connectivity index (χ0) is 10.7. The molecule has 3 heteroatoms. The minimum Gasteiger partial charge on any atom is -0.342 e. The number of nitrogens with zero attached hydrogens (tertiary/aromatic N) is 1. The van der Waals surface area contributed by atoms with Gasteiger partial charge in [-0.1, -0.05) is 0 Å². The van der Waals surface area contributed by atoms with Gasteiger partial charge in [-0.15, -0.1) is 0 Å². The molecule has 0 aromatic carbocycles. The van der Waals surface area contributed by atoms with Crippen LogP contribution in [0.1, 0.15) is 32.1 Å². The largest absolute Gasteiger partial charge is 0.342 e. The van der Waals surface area contributed by atoms with Crippen molar-refractivity contribution in [1.29, 1.82) is 0 Å². The fourth-order valence-electron chi connectivity index (χ4n) is 2.44. The molecule has 1 aliphatic carbocycles. The van der Waals surface area contributed by atoms with E-state index in [0.29, 0.717) is 11.8 Å². The lowest BCUT2D eigenvalue weighted by Gasteiger charge is -2.32. The van der Waals surface area contributed by atoms with Crippen LogP contribution in [0.25, 0.3) is 0 Å². The summed E-state index contributed by atoms with van der Waals surface area (Å²) in [4.78, 5) is 14.0. The highest BCUT2D eigenvalue weighted by Crippen LogP contribution is 2.33. The first-order valence-electron chi connectivity index (χ1n) is 6.22. The lowest BCUT2D eigenvalue weighted by atomic mass is 9.97. The Morgan fingerprint density at radius 1 is 1.33 bits per heavy atom. The van der Waals surface area contributed by atoms with E-state index in [1.807, 2.05) is 7.05 Å². The molecule has 0 bridgehead atoms. The van der Waals surface area contributed by atoms with E-state index >= 15 is 0 Å². The Morgan fingerprint density at radius 2 is 2.13 bits per heavy atom. The lowest BCUT2D eigenvalue weighted by Crippen LogP contribution is -2.42. The van der Waals surface area contributed by atoms with Crippen LogP contribution in [0.4, 0.5) is 0 Å². The summed E-state index contributed by atoms with van der Waals surface area (Å²) in [6.45, 7) is 3.02. The average molecular weight is 210 g/mol. The Hall–Kier alpha value is -0.570. The second-order valence-corrected chi connectivity index (χ2v) is 5.05. The first-order valence-corrected chi connectivity index (χ1v) is 6.22.